The molecule has 21 heavy (non-hydrogen) atoms. The summed E-state index contributed by atoms with van der Waals surface area (Å²) in [6.07, 6.45) is 6.15. The summed E-state index contributed by atoms with van der Waals surface area (Å²) >= 11 is 0. The fourth-order valence-corrected chi connectivity index (χ4v) is 2.85. The van der Waals surface area contributed by atoms with Gasteiger partial charge in [-0.15, -0.1) is 0 Å². The first-order chi connectivity index (χ1) is 10.3. The van der Waals surface area contributed by atoms with Gasteiger partial charge in [0.2, 0.25) is 0 Å². The Morgan fingerprint density at radius 3 is 3.14 bits per heavy atom. The molecule has 3 heterocycles. The van der Waals surface area contributed by atoms with Crippen molar-refractivity contribution >= 4 is 0 Å². The molecule has 1 unspecified atom stereocenters. The van der Waals surface area contributed by atoms with Crippen LogP contribution in [0.5, 0.6) is 0 Å². The van der Waals surface area contributed by atoms with Crippen LogP contribution in [0.1, 0.15) is 23.0 Å². The van der Waals surface area contributed by atoms with Gasteiger partial charge in [-0.25, -0.2) is 14.1 Å². The SMILES string of the molecule is Fc1ccc(-n2cccn2)c(C2NCCc3[nH]cnc32)c1. The number of hydrogen-bond donors (Lipinski definition) is 2. The van der Waals surface area contributed by atoms with E-state index >= 15 is 0 Å². The number of H-pyrrole nitrogens is 1. The minimum Gasteiger partial charge on any atom is -0.348 e. The zero-order valence-electron chi connectivity index (χ0n) is 11.3. The first-order valence-electron chi connectivity index (χ1n) is 6.88. The third-order valence-electron chi connectivity index (χ3n) is 3.80. The van der Waals surface area contributed by atoms with E-state index in [2.05, 4.69) is 20.4 Å². The highest BCUT2D eigenvalue weighted by Gasteiger charge is 2.26. The van der Waals surface area contributed by atoms with Crippen LogP contribution in [0.25, 0.3) is 5.69 Å². The Bertz CT molecular complexity index is 762. The third-order valence-corrected chi connectivity index (χ3v) is 3.80. The van der Waals surface area contributed by atoms with E-state index in [4.69, 9.17) is 0 Å². The number of aromatic amines is 1. The molecule has 1 aliphatic heterocycles. The molecule has 3 aromatic rings. The summed E-state index contributed by atoms with van der Waals surface area (Å²) in [5.74, 6) is -0.259. The zero-order chi connectivity index (χ0) is 14.2. The zero-order valence-corrected chi connectivity index (χ0v) is 11.3. The molecule has 1 atom stereocenters. The number of fused-ring (bicyclic) bond motifs is 1. The average molecular weight is 283 g/mol. The summed E-state index contributed by atoms with van der Waals surface area (Å²) in [6.45, 7) is 0.828. The number of rotatable bonds is 2. The average Bonchev–Trinajstić information content (AvgIpc) is 3.18. The van der Waals surface area contributed by atoms with Crippen LogP contribution in [-0.4, -0.2) is 26.3 Å². The summed E-state index contributed by atoms with van der Waals surface area (Å²) in [4.78, 5) is 7.56. The first-order valence-corrected chi connectivity index (χ1v) is 6.88. The summed E-state index contributed by atoms with van der Waals surface area (Å²) in [5.41, 5.74) is 3.73. The number of aromatic nitrogens is 4. The lowest BCUT2D eigenvalue weighted by atomic mass is 9.96. The quantitative estimate of drug-likeness (QED) is 0.756. The minimum atomic E-state index is -0.259. The standard InChI is InChI=1S/C15H14FN5/c16-10-2-3-13(21-7-1-5-20-21)11(8-10)14-15-12(4-6-17-14)18-9-19-15/h1-3,5,7-9,14,17H,4,6H2,(H,18,19). The number of hydrogen-bond acceptors (Lipinski definition) is 3. The van der Waals surface area contributed by atoms with Gasteiger partial charge in [-0.05, 0) is 24.3 Å². The first kappa shape index (κ1) is 12.3. The Hall–Kier alpha value is -2.47. The summed E-state index contributed by atoms with van der Waals surface area (Å²) in [5, 5.41) is 7.67. The van der Waals surface area contributed by atoms with E-state index in [0.29, 0.717) is 0 Å². The van der Waals surface area contributed by atoms with Crippen molar-refractivity contribution in [2.45, 2.75) is 12.5 Å². The lowest BCUT2D eigenvalue weighted by Crippen LogP contribution is -2.31. The second-order valence-electron chi connectivity index (χ2n) is 5.06. The number of benzene rings is 1. The summed E-state index contributed by atoms with van der Waals surface area (Å²) in [7, 11) is 0. The maximum atomic E-state index is 13.8. The molecule has 1 aromatic carbocycles. The fourth-order valence-electron chi connectivity index (χ4n) is 2.85. The molecule has 0 fully saturated rings. The third kappa shape index (κ3) is 2.04. The Labute approximate surface area is 120 Å². The van der Waals surface area contributed by atoms with Gasteiger partial charge < -0.3 is 10.3 Å². The minimum absolute atomic E-state index is 0.130. The van der Waals surface area contributed by atoms with Crippen molar-refractivity contribution in [2.75, 3.05) is 6.54 Å². The van der Waals surface area contributed by atoms with E-state index in [1.165, 1.54) is 6.07 Å². The molecule has 0 spiro atoms. The van der Waals surface area contributed by atoms with Crippen LogP contribution in [0.3, 0.4) is 0 Å². The van der Waals surface area contributed by atoms with Gasteiger partial charge in [0.05, 0.1) is 23.8 Å². The van der Waals surface area contributed by atoms with Crippen LogP contribution < -0.4 is 5.32 Å². The van der Waals surface area contributed by atoms with Crippen LogP contribution in [0.4, 0.5) is 4.39 Å². The van der Waals surface area contributed by atoms with Gasteiger partial charge in [-0.2, -0.15) is 5.10 Å². The molecular weight excluding hydrogens is 269 g/mol. The topological polar surface area (TPSA) is 58.5 Å². The number of nitrogens with one attached hydrogen (secondary N) is 2. The summed E-state index contributed by atoms with van der Waals surface area (Å²) < 4.78 is 15.5. The van der Waals surface area contributed by atoms with Crippen molar-refractivity contribution < 1.29 is 4.39 Å². The Morgan fingerprint density at radius 1 is 1.33 bits per heavy atom. The maximum Gasteiger partial charge on any atom is 0.123 e. The highest BCUT2D eigenvalue weighted by atomic mass is 19.1. The molecule has 1 aliphatic rings. The Morgan fingerprint density at radius 2 is 2.29 bits per heavy atom. The van der Waals surface area contributed by atoms with Gasteiger partial charge in [0.15, 0.2) is 0 Å². The van der Waals surface area contributed by atoms with Gasteiger partial charge in [-0.1, -0.05) is 0 Å². The van der Waals surface area contributed by atoms with Crippen LogP contribution in [0.2, 0.25) is 0 Å². The molecule has 2 N–H and O–H groups in total. The maximum absolute atomic E-state index is 13.8. The number of imidazole rings is 1. The van der Waals surface area contributed by atoms with Crippen molar-refractivity contribution in [3.63, 3.8) is 0 Å². The van der Waals surface area contributed by atoms with E-state index in [0.717, 1.165) is 35.6 Å². The molecule has 0 bridgehead atoms. The highest BCUT2D eigenvalue weighted by Crippen LogP contribution is 2.30. The fraction of sp³-hybridized carbons (Fsp3) is 0.200. The van der Waals surface area contributed by atoms with Gasteiger partial charge in [0, 0.05) is 36.6 Å². The molecule has 5 nitrogen and oxygen atoms in total. The van der Waals surface area contributed by atoms with E-state index < -0.39 is 0 Å². The number of nitrogens with zero attached hydrogens (tertiary/aromatic N) is 3. The van der Waals surface area contributed by atoms with Gasteiger partial charge in [0.1, 0.15) is 5.82 Å². The van der Waals surface area contributed by atoms with E-state index in [9.17, 15) is 4.39 Å². The van der Waals surface area contributed by atoms with Crippen molar-refractivity contribution in [1.29, 1.82) is 0 Å². The second kappa shape index (κ2) is 4.82. The normalized spacial score (nSPS) is 17.7. The molecular formula is C15H14FN5. The summed E-state index contributed by atoms with van der Waals surface area (Å²) in [6, 6.07) is 6.48. The highest BCUT2D eigenvalue weighted by molar-refractivity contribution is 5.47. The molecule has 0 amide bonds. The monoisotopic (exact) mass is 283 g/mol. The van der Waals surface area contributed by atoms with Crippen LogP contribution in [0.15, 0.2) is 43.0 Å². The van der Waals surface area contributed by atoms with Crippen molar-refractivity contribution in [3.8, 4) is 5.69 Å². The molecule has 2 aromatic heterocycles. The molecule has 106 valence electrons. The second-order valence-corrected chi connectivity index (χ2v) is 5.06. The van der Waals surface area contributed by atoms with E-state index in [1.807, 2.05) is 12.3 Å². The molecule has 0 radical (unpaired) electrons. The largest absolute Gasteiger partial charge is 0.348 e. The molecule has 4 rings (SSSR count). The predicted molar refractivity (Wildman–Crippen MR) is 75.7 cm³/mol. The van der Waals surface area contributed by atoms with Gasteiger partial charge in [-0.3, -0.25) is 0 Å². The van der Waals surface area contributed by atoms with E-state index in [1.54, 1.807) is 29.3 Å². The Kier molecular flexibility index (Phi) is 2.82. The van der Waals surface area contributed by atoms with Crippen LogP contribution in [-0.2, 0) is 6.42 Å². The molecule has 6 heteroatoms. The predicted octanol–water partition coefficient (Wildman–Crippen LogP) is 1.97. The van der Waals surface area contributed by atoms with Gasteiger partial charge >= 0.3 is 0 Å². The van der Waals surface area contributed by atoms with Crippen LogP contribution >= 0.6 is 0 Å². The smallest absolute Gasteiger partial charge is 0.123 e. The van der Waals surface area contributed by atoms with Crippen molar-refractivity contribution in [3.05, 3.63) is 65.8 Å². The Balaban J connectivity index is 1.88. The van der Waals surface area contributed by atoms with Gasteiger partial charge in [0.25, 0.3) is 0 Å². The van der Waals surface area contributed by atoms with Crippen molar-refractivity contribution in [2.24, 2.45) is 0 Å². The van der Waals surface area contributed by atoms with Crippen molar-refractivity contribution in [1.82, 2.24) is 25.1 Å². The number of halogens is 1. The molecule has 0 aliphatic carbocycles. The lowest BCUT2D eigenvalue weighted by Gasteiger charge is -2.25. The molecule has 0 saturated heterocycles. The lowest BCUT2D eigenvalue weighted by molar-refractivity contribution is 0.544. The molecule has 0 saturated carbocycles. The van der Waals surface area contributed by atoms with Crippen LogP contribution in [0, 0.1) is 5.82 Å². The van der Waals surface area contributed by atoms with E-state index in [-0.39, 0.29) is 11.9 Å².